The number of rotatable bonds is 2. The molecule has 0 amide bonds. The van der Waals surface area contributed by atoms with Gasteiger partial charge in [0, 0.05) is 0 Å². The lowest BCUT2D eigenvalue weighted by molar-refractivity contribution is -0.114. The van der Waals surface area contributed by atoms with Crippen LogP contribution >= 0.6 is 11.8 Å². The molecule has 0 aromatic rings. The number of thioether (sulfide) groups is 1. The normalized spacial score (nSPS) is 23.3. The van der Waals surface area contributed by atoms with Crippen LogP contribution in [-0.4, -0.2) is 16.8 Å². The highest BCUT2D eigenvalue weighted by Crippen LogP contribution is 2.27. The number of ketones is 1. The van der Waals surface area contributed by atoms with Crippen LogP contribution < -0.4 is 0 Å². The van der Waals surface area contributed by atoms with Gasteiger partial charge in [-0.3, -0.25) is 4.79 Å². The van der Waals surface area contributed by atoms with Gasteiger partial charge in [-0.15, -0.1) is 0 Å². The summed E-state index contributed by atoms with van der Waals surface area (Å²) in [7, 11) is 0. The lowest BCUT2D eigenvalue weighted by Crippen LogP contribution is -2.10. The summed E-state index contributed by atoms with van der Waals surface area (Å²) in [5, 5.41) is 0.268. The Bertz CT molecular complexity index is 174. The van der Waals surface area contributed by atoms with E-state index in [1.165, 1.54) is 6.42 Å². The molecule has 1 atom stereocenters. The number of carbonyl (C=O) groups is 1. The van der Waals surface area contributed by atoms with Crippen molar-refractivity contribution < 1.29 is 4.79 Å². The molecule has 0 spiro atoms. The first kappa shape index (κ1) is 8.85. The lowest BCUT2D eigenvalue weighted by atomic mass is 10.1. The van der Waals surface area contributed by atoms with Crippen LogP contribution in [0.3, 0.4) is 0 Å². The van der Waals surface area contributed by atoms with Gasteiger partial charge >= 0.3 is 0 Å². The predicted octanol–water partition coefficient (Wildman–Crippen LogP) is 2.42. The molecule has 1 heterocycles. The smallest absolute Gasteiger partial charge is 0.168 e. The van der Waals surface area contributed by atoms with Gasteiger partial charge in [0.1, 0.15) is 0 Å². The van der Waals surface area contributed by atoms with Gasteiger partial charge in [-0.05, 0) is 38.5 Å². The van der Waals surface area contributed by atoms with Crippen molar-refractivity contribution in [3.63, 3.8) is 0 Å². The van der Waals surface area contributed by atoms with Crippen molar-refractivity contribution in [2.75, 3.05) is 5.75 Å². The third kappa shape index (κ3) is 2.70. The predicted molar refractivity (Wildman–Crippen MR) is 49.9 cm³/mol. The Balaban J connectivity index is 2.47. The van der Waals surface area contributed by atoms with Gasteiger partial charge in [-0.25, -0.2) is 0 Å². The van der Waals surface area contributed by atoms with Crippen molar-refractivity contribution >= 4 is 17.5 Å². The molecule has 0 aromatic carbocycles. The minimum Gasteiger partial charge on any atom is -0.294 e. The minimum absolute atomic E-state index is 0.268. The Morgan fingerprint density at radius 1 is 1.55 bits per heavy atom. The van der Waals surface area contributed by atoms with Crippen LogP contribution in [0.2, 0.25) is 0 Å². The van der Waals surface area contributed by atoms with E-state index >= 15 is 0 Å². The van der Waals surface area contributed by atoms with Crippen molar-refractivity contribution in [3.05, 3.63) is 11.6 Å². The molecule has 0 radical (unpaired) electrons. The number of hydrogen-bond donors (Lipinski definition) is 0. The monoisotopic (exact) mass is 170 g/mol. The second-order valence-electron chi connectivity index (χ2n) is 3.13. The molecular formula is C9H14OS. The molecule has 62 valence electrons. The van der Waals surface area contributed by atoms with Gasteiger partial charge < -0.3 is 0 Å². The summed E-state index contributed by atoms with van der Waals surface area (Å²) in [6.07, 6.45) is 4.05. The zero-order valence-corrected chi connectivity index (χ0v) is 7.91. The molecular weight excluding hydrogens is 156 g/mol. The zero-order valence-electron chi connectivity index (χ0n) is 7.09. The van der Waals surface area contributed by atoms with Crippen LogP contribution in [0.1, 0.15) is 26.7 Å². The number of carbonyl (C=O) groups excluding carboxylic acids is 1. The fourth-order valence-electron chi connectivity index (χ4n) is 1.18. The molecule has 0 aromatic heterocycles. The molecule has 2 heteroatoms. The molecule has 0 bridgehead atoms. The van der Waals surface area contributed by atoms with Crippen molar-refractivity contribution in [3.8, 4) is 0 Å². The quantitative estimate of drug-likeness (QED) is 0.592. The lowest BCUT2D eigenvalue weighted by Gasteiger charge is -2.02. The van der Waals surface area contributed by atoms with Crippen molar-refractivity contribution in [1.82, 2.24) is 0 Å². The maximum atomic E-state index is 11.4. The molecule has 0 saturated carbocycles. The van der Waals surface area contributed by atoms with E-state index in [0.717, 1.165) is 17.7 Å². The van der Waals surface area contributed by atoms with Crippen molar-refractivity contribution in [1.29, 1.82) is 0 Å². The van der Waals surface area contributed by atoms with E-state index in [0.29, 0.717) is 5.78 Å². The third-order valence-electron chi connectivity index (χ3n) is 1.68. The first-order valence-corrected chi connectivity index (χ1v) is 5.05. The molecule has 0 aliphatic carbocycles. The molecule has 1 saturated heterocycles. The maximum Gasteiger partial charge on any atom is 0.168 e. The summed E-state index contributed by atoms with van der Waals surface area (Å²) in [4.78, 5) is 11.4. The molecule has 1 aliphatic heterocycles. The van der Waals surface area contributed by atoms with E-state index in [4.69, 9.17) is 0 Å². The molecule has 1 rings (SSSR count). The summed E-state index contributed by atoms with van der Waals surface area (Å²) >= 11 is 1.80. The SMILES string of the molecule is CC(C)=CC(=O)C1CCCS1. The van der Waals surface area contributed by atoms with Crippen LogP contribution in [0.4, 0.5) is 0 Å². The summed E-state index contributed by atoms with van der Waals surface area (Å²) in [5.74, 6) is 1.47. The van der Waals surface area contributed by atoms with Crippen molar-refractivity contribution in [2.45, 2.75) is 31.9 Å². The van der Waals surface area contributed by atoms with Crippen molar-refractivity contribution in [2.24, 2.45) is 0 Å². The molecule has 1 fully saturated rings. The van der Waals surface area contributed by atoms with E-state index in [-0.39, 0.29) is 5.25 Å². The van der Waals surface area contributed by atoms with Crippen LogP contribution in [0.5, 0.6) is 0 Å². The standard InChI is InChI=1S/C9H14OS/c1-7(2)6-8(10)9-4-3-5-11-9/h6,9H,3-5H2,1-2H3. The first-order valence-electron chi connectivity index (χ1n) is 4.00. The highest BCUT2D eigenvalue weighted by molar-refractivity contribution is 8.00. The fraction of sp³-hybridized carbons (Fsp3) is 0.667. The second kappa shape index (κ2) is 3.96. The Kier molecular flexibility index (Phi) is 3.18. The summed E-state index contributed by atoms with van der Waals surface area (Å²) in [5.41, 5.74) is 1.11. The molecule has 11 heavy (non-hydrogen) atoms. The van der Waals surface area contributed by atoms with E-state index in [9.17, 15) is 4.79 Å². The number of hydrogen-bond acceptors (Lipinski definition) is 2. The van der Waals surface area contributed by atoms with Crippen LogP contribution in [0, 0.1) is 0 Å². The average Bonchev–Trinajstić information content (AvgIpc) is 2.35. The van der Waals surface area contributed by atoms with Crippen LogP contribution in [-0.2, 0) is 4.79 Å². The highest BCUT2D eigenvalue weighted by Gasteiger charge is 2.20. The Labute approximate surface area is 72.2 Å². The molecule has 1 nitrogen and oxygen atoms in total. The average molecular weight is 170 g/mol. The largest absolute Gasteiger partial charge is 0.294 e. The Morgan fingerprint density at radius 3 is 2.73 bits per heavy atom. The van der Waals surface area contributed by atoms with E-state index in [1.54, 1.807) is 17.8 Å². The van der Waals surface area contributed by atoms with Gasteiger partial charge in [0.2, 0.25) is 0 Å². The van der Waals surface area contributed by atoms with E-state index in [1.807, 2.05) is 13.8 Å². The van der Waals surface area contributed by atoms with Gasteiger partial charge in [0.25, 0.3) is 0 Å². The van der Waals surface area contributed by atoms with Gasteiger partial charge in [0.15, 0.2) is 5.78 Å². The topological polar surface area (TPSA) is 17.1 Å². The zero-order chi connectivity index (χ0) is 8.27. The molecule has 0 N–H and O–H groups in total. The molecule has 1 unspecified atom stereocenters. The third-order valence-corrected chi connectivity index (χ3v) is 3.07. The highest BCUT2D eigenvalue weighted by atomic mass is 32.2. The Hall–Kier alpha value is -0.240. The molecule has 1 aliphatic rings. The van der Waals surface area contributed by atoms with Gasteiger partial charge in [0.05, 0.1) is 5.25 Å². The van der Waals surface area contributed by atoms with Crippen LogP contribution in [0.15, 0.2) is 11.6 Å². The summed E-state index contributed by atoms with van der Waals surface area (Å²) in [6.45, 7) is 3.94. The fourth-order valence-corrected chi connectivity index (χ4v) is 2.36. The van der Waals surface area contributed by atoms with E-state index in [2.05, 4.69) is 0 Å². The van der Waals surface area contributed by atoms with Gasteiger partial charge in [-0.2, -0.15) is 11.8 Å². The van der Waals surface area contributed by atoms with E-state index < -0.39 is 0 Å². The minimum atomic E-state index is 0.268. The first-order chi connectivity index (χ1) is 5.20. The maximum absolute atomic E-state index is 11.4. The van der Waals surface area contributed by atoms with Crippen LogP contribution in [0.25, 0.3) is 0 Å². The second-order valence-corrected chi connectivity index (χ2v) is 4.44. The number of allylic oxidation sites excluding steroid dienone is 2. The summed E-state index contributed by atoms with van der Waals surface area (Å²) < 4.78 is 0. The Morgan fingerprint density at radius 2 is 2.27 bits per heavy atom. The van der Waals surface area contributed by atoms with Gasteiger partial charge in [-0.1, -0.05) is 5.57 Å². The summed E-state index contributed by atoms with van der Waals surface area (Å²) in [6, 6.07) is 0.